The minimum absolute atomic E-state index is 0.107. The fraction of sp³-hybridized carbons (Fsp3) is 0.412. The van der Waals surface area contributed by atoms with E-state index in [1.165, 1.54) is 18.4 Å². The van der Waals surface area contributed by atoms with E-state index in [0.717, 1.165) is 18.8 Å². The Hall–Kier alpha value is -2.30. The van der Waals surface area contributed by atoms with Crippen LogP contribution >= 0.6 is 0 Å². The van der Waals surface area contributed by atoms with Gasteiger partial charge in [0.2, 0.25) is 0 Å². The third-order valence-corrected chi connectivity index (χ3v) is 3.87. The van der Waals surface area contributed by atoms with E-state index < -0.39 is 0 Å². The van der Waals surface area contributed by atoms with Gasteiger partial charge in [-0.25, -0.2) is 9.78 Å². The normalized spacial score (nSPS) is 13.8. The summed E-state index contributed by atoms with van der Waals surface area (Å²) in [6.45, 7) is 2.04. The Balaban J connectivity index is 1.33. The maximum atomic E-state index is 11.7. The number of amides is 2. The second-order valence-corrected chi connectivity index (χ2v) is 5.67. The summed E-state index contributed by atoms with van der Waals surface area (Å²) < 4.78 is 2.14. The van der Waals surface area contributed by atoms with E-state index in [1.54, 1.807) is 0 Å². The number of aromatic nitrogens is 2. The van der Waals surface area contributed by atoms with Crippen LogP contribution in [0.1, 0.15) is 30.1 Å². The molecule has 3 rings (SSSR count). The predicted molar refractivity (Wildman–Crippen MR) is 85.7 cm³/mol. The molecule has 0 atom stereocenters. The molecule has 116 valence electrons. The van der Waals surface area contributed by atoms with Gasteiger partial charge in [-0.15, -0.1) is 0 Å². The number of carbonyl (C=O) groups is 1. The minimum Gasteiger partial charge on any atom is -0.338 e. The average molecular weight is 298 g/mol. The summed E-state index contributed by atoms with van der Waals surface area (Å²) in [7, 11) is 0. The molecule has 0 saturated heterocycles. The van der Waals surface area contributed by atoms with Crippen LogP contribution in [-0.4, -0.2) is 28.7 Å². The summed E-state index contributed by atoms with van der Waals surface area (Å²) in [6.07, 6.45) is 7.16. The first-order chi connectivity index (χ1) is 10.8. The van der Waals surface area contributed by atoms with E-state index in [9.17, 15) is 4.79 Å². The molecule has 1 fully saturated rings. The zero-order chi connectivity index (χ0) is 15.2. The van der Waals surface area contributed by atoms with Crippen molar-refractivity contribution in [1.82, 2.24) is 20.2 Å². The standard InChI is InChI=1S/C17H22N4O/c22-17(19-9-8-14-4-2-1-3-5-14)20-11-13-21-12-10-18-16(21)15-6-7-15/h1-5,10,12,15H,6-9,11,13H2,(H2,19,20,22). The van der Waals surface area contributed by atoms with Crippen molar-refractivity contribution < 1.29 is 4.79 Å². The predicted octanol–water partition coefficient (Wildman–Crippen LogP) is 2.30. The topological polar surface area (TPSA) is 59.0 Å². The first kappa shape index (κ1) is 14.6. The minimum atomic E-state index is -0.107. The fourth-order valence-electron chi connectivity index (χ4n) is 2.53. The van der Waals surface area contributed by atoms with Crippen LogP contribution in [0, 0.1) is 0 Å². The molecule has 1 aromatic heterocycles. The van der Waals surface area contributed by atoms with E-state index in [2.05, 4.69) is 32.3 Å². The lowest BCUT2D eigenvalue weighted by Gasteiger charge is -2.10. The van der Waals surface area contributed by atoms with Gasteiger partial charge in [-0.2, -0.15) is 0 Å². The second-order valence-electron chi connectivity index (χ2n) is 5.67. The highest BCUT2D eigenvalue weighted by molar-refractivity contribution is 5.73. The van der Waals surface area contributed by atoms with Crippen LogP contribution in [0.15, 0.2) is 42.7 Å². The highest BCUT2D eigenvalue weighted by Gasteiger charge is 2.27. The highest BCUT2D eigenvalue weighted by atomic mass is 16.2. The molecule has 0 bridgehead atoms. The van der Waals surface area contributed by atoms with Crippen LogP contribution < -0.4 is 10.6 Å². The van der Waals surface area contributed by atoms with Crippen molar-refractivity contribution in [2.45, 2.75) is 31.7 Å². The lowest BCUT2D eigenvalue weighted by molar-refractivity contribution is 0.240. The van der Waals surface area contributed by atoms with Crippen molar-refractivity contribution in [2.24, 2.45) is 0 Å². The third-order valence-electron chi connectivity index (χ3n) is 3.87. The van der Waals surface area contributed by atoms with E-state index in [4.69, 9.17) is 0 Å². The van der Waals surface area contributed by atoms with Gasteiger partial charge in [0.15, 0.2) is 0 Å². The highest BCUT2D eigenvalue weighted by Crippen LogP contribution is 2.38. The van der Waals surface area contributed by atoms with Gasteiger partial charge in [0.25, 0.3) is 0 Å². The largest absolute Gasteiger partial charge is 0.338 e. The molecule has 1 aromatic carbocycles. The Labute approximate surface area is 130 Å². The SMILES string of the molecule is O=C(NCCc1ccccc1)NCCn1ccnc1C1CC1. The molecular weight excluding hydrogens is 276 g/mol. The van der Waals surface area contributed by atoms with Gasteiger partial charge in [0.05, 0.1) is 0 Å². The average Bonchev–Trinajstić information content (AvgIpc) is 3.28. The molecule has 1 heterocycles. The summed E-state index contributed by atoms with van der Waals surface area (Å²) in [5, 5.41) is 5.78. The van der Waals surface area contributed by atoms with Crippen molar-refractivity contribution in [3.63, 3.8) is 0 Å². The first-order valence-corrected chi connectivity index (χ1v) is 7.89. The maximum Gasteiger partial charge on any atom is 0.314 e. The Morgan fingerprint density at radius 1 is 1.18 bits per heavy atom. The number of hydrogen-bond acceptors (Lipinski definition) is 2. The first-order valence-electron chi connectivity index (χ1n) is 7.89. The Bertz CT molecular complexity index is 604. The number of rotatable bonds is 7. The zero-order valence-electron chi connectivity index (χ0n) is 12.7. The summed E-state index contributed by atoms with van der Waals surface area (Å²) >= 11 is 0. The van der Waals surface area contributed by atoms with E-state index in [-0.39, 0.29) is 6.03 Å². The molecule has 1 saturated carbocycles. The Morgan fingerprint density at radius 3 is 2.73 bits per heavy atom. The molecule has 0 aliphatic heterocycles. The summed E-state index contributed by atoms with van der Waals surface area (Å²) in [5.74, 6) is 1.79. The van der Waals surface area contributed by atoms with Gasteiger partial charge >= 0.3 is 6.03 Å². The number of imidazole rings is 1. The van der Waals surface area contributed by atoms with Gasteiger partial charge in [0.1, 0.15) is 5.82 Å². The molecule has 5 nitrogen and oxygen atoms in total. The van der Waals surface area contributed by atoms with Crippen LogP contribution in [0.2, 0.25) is 0 Å². The number of hydrogen-bond donors (Lipinski definition) is 2. The molecule has 2 amide bonds. The fourth-order valence-corrected chi connectivity index (χ4v) is 2.53. The Kier molecular flexibility index (Phi) is 4.73. The number of urea groups is 1. The quantitative estimate of drug-likeness (QED) is 0.824. The lowest BCUT2D eigenvalue weighted by atomic mass is 10.1. The molecule has 5 heteroatoms. The van der Waals surface area contributed by atoms with Crippen molar-refractivity contribution in [2.75, 3.05) is 13.1 Å². The molecule has 1 aliphatic carbocycles. The summed E-state index contributed by atoms with van der Waals surface area (Å²) in [4.78, 5) is 16.1. The van der Waals surface area contributed by atoms with Crippen molar-refractivity contribution in [3.05, 3.63) is 54.1 Å². The molecule has 0 spiro atoms. The zero-order valence-corrected chi connectivity index (χ0v) is 12.7. The smallest absolute Gasteiger partial charge is 0.314 e. The summed E-state index contributed by atoms with van der Waals surface area (Å²) in [5.41, 5.74) is 1.23. The van der Waals surface area contributed by atoms with Crippen LogP contribution in [0.25, 0.3) is 0 Å². The van der Waals surface area contributed by atoms with Crippen LogP contribution in [0.3, 0.4) is 0 Å². The van der Waals surface area contributed by atoms with Crippen molar-refractivity contribution in [1.29, 1.82) is 0 Å². The molecular formula is C17H22N4O. The maximum absolute atomic E-state index is 11.7. The number of benzene rings is 1. The van der Waals surface area contributed by atoms with Crippen LogP contribution in [0.4, 0.5) is 4.79 Å². The molecule has 1 aliphatic rings. The van der Waals surface area contributed by atoms with Crippen LogP contribution in [-0.2, 0) is 13.0 Å². The van der Waals surface area contributed by atoms with Gasteiger partial charge in [-0.05, 0) is 24.8 Å². The third kappa shape index (κ3) is 4.10. The Morgan fingerprint density at radius 2 is 1.95 bits per heavy atom. The molecule has 0 unspecified atom stereocenters. The van der Waals surface area contributed by atoms with E-state index >= 15 is 0 Å². The number of carbonyl (C=O) groups excluding carboxylic acids is 1. The monoisotopic (exact) mass is 298 g/mol. The van der Waals surface area contributed by atoms with Gasteiger partial charge in [-0.3, -0.25) is 0 Å². The van der Waals surface area contributed by atoms with Gasteiger partial charge < -0.3 is 15.2 Å². The van der Waals surface area contributed by atoms with Crippen molar-refractivity contribution in [3.8, 4) is 0 Å². The number of nitrogens with one attached hydrogen (secondary N) is 2. The van der Waals surface area contributed by atoms with Crippen LogP contribution in [0.5, 0.6) is 0 Å². The van der Waals surface area contributed by atoms with Gasteiger partial charge in [0, 0.05) is 37.9 Å². The molecule has 22 heavy (non-hydrogen) atoms. The lowest BCUT2D eigenvalue weighted by Crippen LogP contribution is -2.38. The van der Waals surface area contributed by atoms with E-state index in [0.29, 0.717) is 19.0 Å². The van der Waals surface area contributed by atoms with E-state index in [1.807, 2.05) is 30.6 Å². The second kappa shape index (κ2) is 7.11. The number of nitrogens with zero attached hydrogens (tertiary/aromatic N) is 2. The van der Waals surface area contributed by atoms with Gasteiger partial charge in [-0.1, -0.05) is 30.3 Å². The van der Waals surface area contributed by atoms with Crippen molar-refractivity contribution >= 4 is 6.03 Å². The molecule has 0 radical (unpaired) electrons. The molecule has 2 N–H and O–H groups in total. The summed E-state index contributed by atoms with van der Waals surface area (Å²) in [6, 6.07) is 10.0. The molecule has 2 aromatic rings.